The van der Waals surface area contributed by atoms with E-state index in [4.69, 9.17) is 0 Å². The summed E-state index contributed by atoms with van der Waals surface area (Å²) in [6, 6.07) is 3.51. The molecule has 2 rings (SSSR count). The molecular formula is C13H14N2O3. The fraction of sp³-hybridized carbons (Fsp3) is 0.385. The van der Waals surface area contributed by atoms with Gasteiger partial charge in [-0.2, -0.15) is 0 Å². The molecule has 1 aliphatic rings. The van der Waals surface area contributed by atoms with Crippen LogP contribution in [-0.2, 0) is 9.59 Å². The van der Waals surface area contributed by atoms with E-state index >= 15 is 0 Å². The fourth-order valence-corrected chi connectivity index (χ4v) is 1.95. The average molecular weight is 246 g/mol. The summed E-state index contributed by atoms with van der Waals surface area (Å²) in [5, 5.41) is 2.25. The van der Waals surface area contributed by atoms with E-state index in [9.17, 15) is 14.4 Å². The molecule has 0 radical (unpaired) electrons. The maximum atomic E-state index is 12.0. The zero-order valence-corrected chi connectivity index (χ0v) is 10.1. The SMILES string of the molecule is Cc1ccnc(C(=O)CC2CCC(=O)NC2=O)c1. The number of carbonyl (C=O) groups is 3. The second kappa shape index (κ2) is 5.08. The molecule has 1 atom stereocenters. The number of ketones is 1. The number of carbonyl (C=O) groups excluding carboxylic acids is 3. The number of piperidine rings is 1. The minimum Gasteiger partial charge on any atom is -0.296 e. The molecule has 0 aromatic carbocycles. The number of hydrogen-bond donors (Lipinski definition) is 1. The van der Waals surface area contributed by atoms with Gasteiger partial charge in [0.25, 0.3) is 0 Å². The van der Waals surface area contributed by atoms with E-state index in [0.717, 1.165) is 5.56 Å². The molecule has 0 aliphatic carbocycles. The molecule has 0 bridgehead atoms. The number of amides is 2. The van der Waals surface area contributed by atoms with E-state index in [1.807, 2.05) is 13.0 Å². The number of Topliss-reactive ketones (excluding diaryl/α,β-unsaturated/α-hetero) is 1. The van der Waals surface area contributed by atoms with E-state index in [0.29, 0.717) is 18.5 Å². The molecular weight excluding hydrogens is 232 g/mol. The van der Waals surface area contributed by atoms with Crippen molar-refractivity contribution in [2.75, 3.05) is 0 Å². The zero-order valence-electron chi connectivity index (χ0n) is 10.1. The largest absolute Gasteiger partial charge is 0.296 e. The van der Waals surface area contributed by atoms with Crippen LogP contribution in [-0.4, -0.2) is 22.6 Å². The van der Waals surface area contributed by atoms with Crippen LogP contribution >= 0.6 is 0 Å². The van der Waals surface area contributed by atoms with Crippen LogP contribution in [0.2, 0.25) is 0 Å². The summed E-state index contributed by atoms with van der Waals surface area (Å²) in [6.07, 6.45) is 2.41. The first-order chi connectivity index (χ1) is 8.56. The number of rotatable bonds is 3. The fourth-order valence-electron chi connectivity index (χ4n) is 1.95. The molecule has 1 aromatic heterocycles. The summed E-state index contributed by atoms with van der Waals surface area (Å²) in [5.74, 6) is -1.20. The lowest BCUT2D eigenvalue weighted by Gasteiger charge is -2.19. The third-order valence-corrected chi connectivity index (χ3v) is 2.99. The van der Waals surface area contributed by atoms with Gasteiger partial charge in [0.2, 0.25) is 11.8 Å². The summed E-state index contributed by atoms with van der Waals surface area (Å²) in [7, 11) is 0. The molecule has 5 heteroatoms. The third kappa shape index (κ3) is 2.80. The number of nitrogens with one attached hydrogen (secondary N) is 1. The molecule has 0 saturated carbocycles. The quantitative estimate of drug-likeness (QED) is 0.638. The van der Waals surface area contributed by atoms with Crippen LogP contribution in [0.25, 0.3) is 0 Å². The maximum Gasteiger partial charge on any atom is 0.230 e. The van der Waals surface area contributed by atoms with Gasteiger partial charge in [-0.1, -0.05) is 0 Å². The Morgan fingerprint density at radius 1 is 1.50 bits per heavy atom. The van der Waals surface area contributed by atoms with Crippen molar-refractivity contribution >= 4 is 17.6 Å². The minimum atomic E-state index is -0.419. The number of hydrogen-bond acceptors (Lipinski definition) is 4. The normalized spacial score (nSPS) is 19.5. The van der Waals surface area contributed by atoms with Gasteiger partial charge in [-0.05, 0) is 31.0 Å². The van der Waals surface area contributed by atoms with Crippen molar-refractivity contribution in [3.63, 3.8) is 0 Å². The van der Waals surface area contributed by atoms with Gasteiger partial charge >= 0.3 is 0 Å². The van der Waals surface area contributed by atoms with Crippen LogP contribution in [0.5, 0.6) is 0 Å². The first-order valence-electron chi connectivity index (χ1n) is 5.86. The molecule has 94 valence electrons. The molecule has 2 amide bonds. The van der Waals surface area contributed by atoms with Gasteiger partial charge in [0.15, 0.2) is 5.78 Å². The van der Waals surface area contributed by atoms with Gasteiger partial charge in [0.1, 0.15) is 5.69 Å². The summed E-state index contributed by atoms with van der Waals surface area (Å²) < 4.78 is 0. The molecule has 1 fully saturated rings. The Morgan fingerprint density at radius 3 is 2.94 bits per heavy atom. The number of pyridine rings is 1. The Balaban J connectivity index is 2.03. The van der Waals surface area contributed by atoms with E-state index in [2.05, 4.69) is 10.3 Å². The Kier molecular flexibility index (Phi) is 3.50. The van der Waals surface area contributed by atoms with Crippen molar-refractivity contribution in [1.82, 2.24) is 10.3 Å². The standard InChI is InChI=1S/C13H14N2O3/c1-8-4-5-14-10(6-8)11(16)7-9-2-3-12(17)15-13(9)18/h4-6,9H,2-3,7H2,1H3,(H,15,17,18). The van der Waals surface area contributed by atoms with Gasteiger partial charge < -0.3 is 0 Å². The summed E-state index contributed by atoms with van der Waals surface area (Å²) >= 11 is 0. The predicted molar refractivity (Wildman–Crippen MR) is 63.8 cm³/mol. The Labute approximate surface area is 105 Å². The number of aromatic nitrogens is 1. The van der Waals surface area contributed by atoms with Crippen LogP contribution < -0.4 is 5.32 Å². The van der Waals surface area contributed by atoms with Gasteiger partial charge in [-0.25, -0.2) is 0 Å². The molecule has 1 aliphatic heterocycles. The lowest BCUT2D eigenvalue weighted by Crippen LogP contribution is -2.41. The van der Waals surface area contributed by atoms with Crippen LogP contribution in [0.3, 0.4) is 0 Å². The van der Waals surface area contributed by atoms with Crippen LogP contribution in [0, 0.1) is 12.8 Å². The number of nitrogens with zero attached hydrogens (tertiary/aromatic N) is 1. The van der Waals surface area contributed by atoms with Crippen LogP contribution in [0.15, 0.2) is 18.3 Å². The molecule has 5 nitrogen and oxygen atoms in total. The Hall–Kier alpha value is -2.04. The van der Waals surface area contributed by atoms with Crippen molar-refractivity contribution in [2.24, 2.45) is 5.92 Å². The zero-order chi connectivity index (χ0) is 13.1. The highest BCUT2D eigenvalue weighted by Crippen LogP contribution is 2.18. The first-order valence-corrected chi connectivity index (χ1v) is 5.86. The highest BCUT2D eigenvalue weighted by atomic mass is 16.2. The minimum absolute atomic E-state index is 0.107. The Bertz CT molecular complexity index is 511. The smallest absolute Gasteiger partial charge is 0.230 e. The van der Waals surface area contributed by atoms with E-state index in [1.54, 1.807) is 12.3 Å². The predicted octanol–water partition coefficient (Wildman–Crippen LogP) is 1.02. The molecule has 1 N–H and O–H groups in total. The van der Waals surface area contributed by atoms with Crippen molar-refractivity contribution < 1.29 is 14.4 Å². The van der Waals surface area contributed by atoms with Crippen LogP contribution in [0.4, 0.5) is 0 Å². The summed E-state index contributed by atoms with van der Waals surface area (Å²) in [6.45, 7) is 1.88. The molecule has 1 saturated heterocycles. The van der Waals surface area contributed by atoms with Gasteiger partial charge in [0.05, 0.1) is 0 Å². The van der Waals surface area contributed by atoms with Crippen LogP contribution in [0.1, 0.15) is 35.3 Å². The van der Waals surface area contributed by atoms with Gasteiger partial charge in [0, 0.05) is 25.0 Å². The lowest BCUT2D eigenvalue weighted by molar-refractivity contribution is -0.136. The molecule has 2 heterocycles. The van der Waals surface area contributed by atoms with Crippen molar-refractivity contribution in [3.8, 4) is 0 Å². The van der Waals surface area contributed by atoms with Crippen molar-refractivity contribution in [1.29, 1.82) is 0 Å². The lowest BCUT2D eigenvalue weighted by atomic mass is 9.92. The summed E-state index contributed by atoms with van der Waals surface area (Å²) in [4.78, 5) is 38.5. The maximum absolute atomic E-state index is 12.0. The van der Waals surface area contributed by atoms with Gasteiger partial charge in [-0.3, -0.25) is 24.7 Å². The average Bonchev–Trinajstić information content (AvgIpc) is 2.32. The number of aryl methyl sites for hydroxylation is 1. The van der Waals surface area contributed by atoms with Gasteiger partial charge in [-0.15, -0.1) is 0 Å². The van der Waals surface area contributed by atoms with E-state index in [1.165, 1.54) is 0 Å². The highest BCUT2D eigenvalue weighted by Gasteiger charge is 2.28. The molecule has 1 unspecified atom stereocenters. The third-order valence-electron chi connectivity index (χ3n) is 2.99. The van der Waals surface area contributed by atoms with Crippen molar-refractivity contribution in [3.05, 3.63) is 29.6 Å². The van der Waals surface area contributed by atoms with Crippen molar-refractivity contribution in [2.45, 2.75) is 26.2 Å². The first kappa shape index (κ1) is 12.4. The second-order valence-electron chi connectivity index (χ2n) is 4.49. The topological polar surface area (TPSA) is 76.1 Å². The van der Waals surface area contributed by atoms with E-state index in [-0.39, 0.29) is 24.0 Å². The molecule has 0 spiro atoms. The number of imide groups is 1. The summed E-state index contributed by atoms with van der Waals surface area (Å²) in [5.41, 5.74) is 1.33. The Morgan fingerprint density at radius 2 is 2.28 bits per heavy atom. The molecule has 18 heavy (non-hydrogen) atoms. The molecule has 1 aromatic rings. The second-order valence-corrected chi connectivity index (χ2v) is 4.49. The monoisotopic (exact) mass is 246 g/mol. The highest BCUT2D eigenvalue weighted by molar-refractivity contribution is 6.02. The van der Waals surface area contributed by atoms with E-state index < -0.39 is 5.92 Å².